The van der Waals surface area contributed by atoms with Gasteiger partial charge in [-0.05, 0) is 35.9 Å². The number of amides is 2. The van der Waals surface area contributed by atoms with Crippen LogP contribution in [0.2, 0.25) is 0 Å². The third kappa shape index (κ3) is 6.78. The molecule has 158 valence electrons. The topological polar surface area (TPSA) is 84.5 Å². The molecule has 3 aromatic carbocycles. The van der Waals surface area contributed by atoms with E-state index >= 15 is 0 Å². The number of ether oxygens (including phenoxy) is 1. The highest BCUT2D eigenvalue weighted by atomic mass is 19.1. The molecule has 0 spiro atoms. The van der Waals surface area contributed by atoms with Gasteiger partial charge < -0.3 is 15.4 Å². The van der Waals surface area contributed by atoms with Gasteiger partial charge in [0.2, 0.25) is 0 Å². The van der Waals surface area contributed by atoms with Crippen LogP contribution in [0, 0.1) is 5.82 Å². The van der Waals surface area contributed by atoms with E-state index in [0.717, 1.165) is 11.6 Å². The van der Waals surface area contributed by atoms with E-state index in [1.54, 1.807) is 54.6 Å². The van der Waals surface area contributed by atoms with Crippen molar-refractivity contribution >= 4 is 23.5 Å². The number of halogens is 1. The van der Waals surface area contributed by atoms with E-state index in [-0.39, 0.29) is 18.0 Å². The van der Waals surface area contributed by atoms with Gasteiger partial charge in [0.05, 0.1) is 12.5 Å². The molecule has 0 fully saturated rings. The molecule has 0 aromatic heterocycles. The highest BCUT2D eigenvalue weighted by Gasteiger charge is 2.20. The van der Waals surface area contributed by atoms with Crippen molar-refractivity contribution in [2.75, 3.05) is 11.9 Å². The molecule has 1 atom stereocenters. The number of hydrogen-bond acceptors (Lipinski definition) is 4. The SMILES string of the molecule is O=C(COC(=O)C[C@@H](NC(=O)c1ccccc1)c1ccccc1)Nc1cccc(F)c1. The monoisotopic (exact) mass is 420 g/mol. The highest BCUT2D eigenvalue weighted by molar-refractivity contribution is 5.95. The van der Waals surface area contributed by atoms with Gasteiger partial charge in [0, 0.05) is 11.3 Å². The van der Waals surface area contributed by atoms with Crippen molar-refractivity contribution in [2.24, 2.45) is 0 Å². The Morgan fingerprint density at radius 3 is 2.23 bits per heavy atom. The van der Waals surface area contributed by atoms with Crippen LogP contribution in [-0.4, -0.2) is 24.4 Å². The summed E-state index contributed by atoms with van der Waals surface area (Å²) < 4.78 is 18.2. The fraction of sp³-hybridized carbons (Fsp3) is 0.125. The lowest BCUT2D eigenvalue weighted by Crippen LogP contribution is -2.31. The minimum atomic E-state index is -0.656. The minimum absolute atomic E-state index is 0.157. The molecule has 0 aliphatic carbocycles. The Kier molecular flexibility index (Phi) is 7.48. The second-order valence-corrected chi connectivity index (χ2v) is 6.73. The van der Waals surface area contributed by atoms with Gasteiger partial charge in [-0.2, -0.15) is 0 Å². The Morgan fingerprint density at radius 2 is 1.55 bits per heavy atom. The first-order valence-electron chi connectivity index (χ1n) is 9.63. The van der Waals surface area contributed by atoms with Gasteiger partial charge in [-0.15, -0.1) is 0 Å². The maximum absolute atomic E-state index is 13.2. The molecule has 0 bridgehead atoms. The number of rotatable bonds is 8. The van der Waals surface area contributed by atoms with Gasteiger partial charge in [0.1, 0.15) is 5.82 Å². The average molecular weight is 420 g/mol. The molecule has 0 unspecified atom stereocenters. The van der Waals surface area contributed by atoms with Crippen LogP contribution in [0.15, 0.2) is 84.9 Å². The zero-order valence-corrected chi connectivity index (χ0v) is 16.6. The smallest absolute Gasteiger partial charge is 0.308 e. The van der Waals surface area contributed by atoms with Crippen LogP contribution in [0.1, 0.15) is 28.4 Å². The van der Waals surface area contributed by atoms with Crippen molar-refractivity contribution < 1.29 is 23.5 Å². The summed E-state index contributed by atoms with van der Waals surface area (Å²) in [6.07, 6.45) is -0.157. The van der Waals surface area contributed by atoms with Crippen molar-refractivity contribution in [3.8, 4) is 0 Å². The van der Waals surface area contributed by atoms with E-state index in [0.29, 0.717) is 5.56 Å². The summed E-state index contributed by atoms with van der Waals surface area (Å²) in [5.41, 5.74) is 1.46. The third-order valence-corrected chi connectivity index (χ3v) is 4.39. The second-order valence-electron chi connectivity index (χ2n) is 6.73. The molecule has 3 rings (SSSR count). The predicted octanol–water partition coefficient (Wildman–Crippen LogP) is 3.87. The van der Waals surface area contributed by atoms with Crippen LogP contribution in [0.25, 0.3) is 0 Å². The van der Waals surface area contributed by atoms with Crippen molar-refractivity contribution in [1.82, 2.24) is 5.32 Å². The first kappa shape index (κ1) is 21.7. The molecule has 6 nitrogen and oxygen atoms in total. The Labute approximate surface area is 179 Å². The molecule has 0 aliphatic heterocycles. The molecule has 3 aromatic rings. The summed E-state index contributed by atoms with van der Waals surface area (Å²) in [7, 11) is 0. The summed E-state index contributed by atoms with van der Waals surface area (Å²) in [5, 5.41) is 5.28. The standard InChI is InChI=1S/C24H21FN2O4/c25-19-12-7-13-20(14-19)26-22(28)16-31-23(29)15-21(17-8-3-1-4-9-17)27-24(30)18-10-5-2-6-11-18/h1-14,21H,15-16H2,(H,26,28)(H,27,30)/t21-/m1/s1. The molecule has 2 amide bonds. The van der Waals surface area contributed by atoms with E-state index < -0.39 is 30.3 Å². The van der Waals surface area contributed by atoms with E-state index in [1.807, 2.05) is 6.07 Å². The number of esters is 1. The number of benzene rings is 3. The maximum atomic E-state index is 13.2. The Balaban J connectivity index is 1.59. The lowest BCUT2D eigenvalue weighted by atomic mass is 10.0. The van der Waals surface area contributed by atoms with Crippen molar-refractivity contribution in [1.29, 1.82) is 0 Å². The van der Waals surface area contributed by atoms with Crippen LogP contribution in [0.5, 0.6) is 0 Å². The molecule has 0 aliphatic rings. The molecule has 31 heavy (non-hydrogen) atoms. The van der Waals surface area contributed by atoms with E-state index in [2.05, 4.69) is 10.6 Å². The van der Waals surface area contributed by atoms with Crippen molar-refractivity contribution in [2.45, 2.75) is 12.5 Å². The molecular weight excluding hydrogens is 399 g/mol. The molecule has 7 heteroatoms. The van der Waals surface area contributed by atoms with Gasteiger partial charge in [-0.25, -0.2) is 4.39 Å². The van der Waals surface area contributed by atoms with E-state index in [1.165, 1.54) is 18.2 Å². The Hall–Kier alpha value is -4.00. The normalized spacial score (nSPS) is 11.3. The zero-order chi connectivity index (χ0) is 22.1. The second kappa shape index (κ2) is 10.7. The third-order valence-electron chi connectivity index (χ3n) is 4.39. The summed E-state index contributed by atoms with van der Waals surface area (Å²) in [5.74, 6) is -2.07. The number of nitrogens with one attached hydrogen (secondary N) is 2. The van der Waals surface area contributed by atoms with Gasteiger partial charge in [0.25, 0.3) is 11.8 Å². The highest BCUT2D eigenvalue weighted by Crippen LogP contribution is 2.18. The minimum Gasteiger partial charge on any atom is -0.455 e. The van der Waals surface area contributed by atoms with Crippen LogP contribution in [0.3, 0.4) is 0 Å². The van der Waals surface area contributed by atoms with Gasteiger partial charge in [0.15, 0.2) is 6.61 Å². The van der Waals surface area contributed by atoms with Crippen molar-refractivity contribution in [3.63, 3.8) is 0 Å². The molecule has 0 heterocycles. The first-order chi connectivity index (χ1) is 15.0. The van der Waals surface area contributed by atoms with Gasteiger partial charge in [-0.3, -0.25) is 14.4 Å². The van der Waals surface area contributed by atoms with Crippen LogP contribution >= 0.6 is 0 Å². The molecule has 2 N–H and O–H groups in total. The number of carbonyl (C=O) groups excluding carboxylic acids is 3. The quantitative estimate of drug-likeness (QED) is 0.542. The predicted molar refractivity (Wildman–Crippen MR) is 114 cm³/mol. The number of anilines is 1. The summed E-state index contributed by atoms with van der Waals surface area (Å²) in [6, 6.07) is 22.4. The fourth-order valence-corrected chi connectivity index (χ4v) is 2.90. The van der Waals surface area contributed by atoms with Crippen molar-refractivity contribution in [3.05, 3.63) is 102 Å². The lowest BCUT2D eigenvalue weighted by molar-refractivity contribution is -0.147. The van der Waals surface area contributed by atoms with Gasteiger partial charge in [-0.1, -0.05) is 54.6 Å². The average Bonchev–Trinajstić information content (AvgIpc) is 2.78. The largest absolute Gasteiger partial charge is 0.455 e. The molecular formula is C24H21FN2O4. The summed E-state index contributed by atoms with van der Waals surface area (Å²) in [6.45, 7) is -0.524. The zero-order valence-electron chi connectivity index (χ0n) is 16.6. The van der Waals surface area contributed by atoms with Crippen LogP contribution in [-0.2, 0) is 14.3 Å². The van der Waals surface area contributed by atoms with E-state index in [4.69, 9.17) is 4.74 Å². The molecule has 0 saturated carbocycles. The maximum Gasteiger partial charge on any atom is 0.308 e. The molecule has 0 saturated heterocycles. The first-order valence-corrected chi connectivity index (χ1v) is 9.63. The Morgan fingerprint density at radius 1 is 0.871 bits per heavy atom. The summed E-state index contributed by atoms with van der Waals surface area (Å²) >= 11 is 0. The molecule has 0 radical (unpaired) electrons. The van der Waals surface area contributed by atoms with E-state index in [9.17, 15) is 18.8 Å². The van der Waals surface area contributed by atoms with Gasteiger partial charge >= 0.3 is 5.97 Å². The fourth-order valence-electron chi connectivity index (χ4n) is 2.90. The van der Waals surface area contributed by atoms with Crippen LogP contribution < -0.4 is 10.6 Å². The van der Waals surface area contributed by atoms with Crippen LogP contribution in [0.4, 0.5) is 10.1 Å². The summed E-state index contributed by atoms with van der Waals surface area (Å²) in [4.78, 5) is 36.9. The number of carbonyl (C=O) groups is 3. The number of hydrogen-bond donors (Lipinski definition) is 2. The lowest BCUT2D eigenvalue weighted by Gasteiger charge is -2.19. The Bertz CT molecular complexity index is 1040.